The number of hydrogen-bond acceptors (Lipinski definition) is 3. The van der Waals surface area contributed by atoms with Crippen molar-refractivity contribution in [3.05, 3.63) is 58.7 Å². The zero-order chi connectivity index (χ0) is 15.6. The molecule has 0 spiro atoms. The van der Waals surface area contributed by atoms with Crippen LogP contribution in [0.15, 0.2) is 36.4 Å². The van der Waals surface area contributed by atoms with E-state index in [1.165, 1.54) is 24.3 Å². The van der Waals surface area contributed by atoms with Crippen LogP contribution in [0.2, 0.25) is 0 Å². The Balaban J connectivity index is 2.58. The molecule has 2 aromatic rings. The molecule has 0 heterocycles. The molecule has 3 N–H and O–H groups in total. The van der Waals surface area contributed by atoms with Crippen LogP contribution in [0, 0.1) is 13.8 Å². The molecular weight excluding hydrogens is 268 g/mol. The van der Waals surface area contributed by atoms with Gasteiger partial charge in [-0.25, -0.2) is 4.79 Å². The second-order valence-corrected chi connectivity index (χ2v) is 4.92. The lowest BCUT2D eigenvalue weighted by molar-refractivity contribution is -0.130. The molecule has 0 bridgehead atoms. The standard InChI is InChI=1S/C17H16O4/c1-10-3-6-14(11(2)7-10)15(17(20)21)8-12-4-5-13(18)9-16(12)19/h3-9,18-19H,1-2H3,(H,20,21)/b15-8-. The van der Waals surface area contributed by atoms with Crippen molar-refractivity contribution in [1.29, 1.82) is 0 Å². The highest BCUT2D eigenvalue weighted by Gasteiger charge is 2.14. The number of carboxylic acids is 1. The Morgan fingerprint density at radius 2 is 1.76 bits per heavy atom. The zero-order valence-corrected chi connectivity index (χ0v) is 11.8. The van der Waals surface area contributed by atoms with Crippen molar-refractivity contribution in [3.63, 3.8) is 0 Å². The van der Waals surface area contributed by atoms with Crippen LogP contribution in [0.1, 0.15) is 22.3 Å². The summed E-state index contributed by atoms with van der Waals surface area (Å²) in [6.45, 7) is 3.78. The van der Waals surface area contributed by atoms with E-state index in [2.05, 4.69) is 0 Å². The first-order valence-electron chi connectivity index (χ1n) is 6.43. The average molecular weight is 284 g/mol. The molecule has 0 unspecified atom stereocenters. The number of aromatic hydroxyl groups is 2. The average Bonchev–Trinajstić information content (AvgIpc) is 2.38. The summed E-state index contributed by atoms with van der Waals surface area (Å²) in [5.41, 5.74) is 2.93. The summed E-state index contributed by atoms with van der Waals surface area (Å²) < 4.78 is 0. The first-order valence-corrected chi connectivity index (χ1v) is 6.43. The lowest BCUT2D eigenvalue weighted by Crippen LogP contribution is -2.02. The summed E-state index contributed by atoms with van der Waals surface area (Å²) in [7, 11) is 0. The normalized spacial score (nSPS) is 11.4. The minimum atomic E-state index is -1.07. The molecule has 2 rings (SSSR count). The van der Waals surface area contributed by atoms with Crippen molar-refractivity contribution >= 4 is 17.6 Å². The number of hydrogen-bond donors (Lipinski definition) is 3. The van der Waals surface area contributed by atoms with E-state index in [0.717, 1.165) is 11.1 Å². The van der Waals surface area contributed by atoms with Crippen molar-refractivity contribution in [2.24, 2.45) is 0 Å². The maximum absolute atomic E-state index is 11.5. The minimum absolute atomic E-state index is 0.0759. The Labute approximate surface area is 122 Å². The van der Waals surface area contributed by atoms with E-state index in [9.17, 15) is 20.1 Å². The molecule has 2 aromatic carbocycles. The molecule has 0 aliphatic carbocycles. The molecule has 0 saturated heterocycles. The second kappa shape index (κ2) is 5.71. The minimum Gasteiger partial charge on any atom is -0.508 e. The maximum atomic E-state index is 11.5. The van der Waals surface area contributed by atoms with E-state index in [0.29, 0.717) is 11.1 Å². The molecule has 0 saturated carbocycles. The fraction of sp³-hybridized carbons (Fsp3) is 0.118. The van der Waals surface area contributed by atoms with Crippen LogP contribution in [-0.4, -0.2) is 21.3 Å². The molecule has 0 aliphatic rings. The number of carbonyl (C=O) groups is 1. The highest BCUT2D eigenvalue weighted by atomic mass is 16.4. The number of benzene rings is 2. The first kappa shape index (κ1) is 14.7. The van der Waals surface area contributed by atoms with E-state index in [4.69, 9.17) is 0 Å². The van der Waals surface area contributed by atoms with E-state index in [1.807, 2.05) is 26.0 Å². The Bertz CT molecular complexity index is 730. The van der Waals surface area contributed by atoms with Crippen molar-refractivity contribution < 1.29 is 20.1 Å². The number of carboxylic acid groups (broad SMARTS) is 1. The SMILES string of the molecule is Cc1ccc(/C(=C/c2ccc(O)cc2O)C(=O)O)c(C)c1. The van der Waals surface area contributed by atoms with Gasteiger partial charge in [0, 0.05) is 11.6 Å². The number of rotatable bonds is 3. The fourth-order valence-electron chi connectivity index (χ4n) is 2.18. The van der Waals surface area contributed by atoms with Gasteiger partial charge >= 0.3 is 5.97 Å². The highest BCUT2D eigenvalue weighted by molar-refractivity contribution is 6.21. The Hall–Kier alpha value is -2.75. The summed E-state index contributed by atoms with van der Waals surface area (Å²) in [5, 5.41) is 28.5. The zero-order valence-electron chi connectivity index (χ0n) is 11.8. The van der Waals surface area contributed by atoms with Crippen LogP contribution in [0.4, 0.5) is 0 Å². The van der Waals surface area contributed by atoms with Crippen LogP contribution < -0.4 is 0 Å². The second-order valence-electron chi connectivity index (χ2n) is 4.92. The van der Waals surface area contributed by atoms with Crippen LogP contribution in [0.3, 0.4) is 0 Å². The van der Waals surface area contributed by atoms with Crippen LogP contribution in [0.5, 0.6) is 11.5 Å². The quantitative estimate of drug-likeness (QED) is 0.596. The van der Waals surface area contributed by atoms with E-state index >= 15 is 0 Å². The van der Waals surface area contributed by atoms with Crippen LogP contribution >= 0.6 is 0 Å². The molecule has 4 nitrogen and oxygen atoms in total. The lowest BCUT2D eigenvalue weighted by atomic mass is 9.96. The molecule has 4 heteroatoms. The Morgan fingerprint density at radius 3 is 2.33 bits per heavy atom. The molecule has 0 aliphatic heterocycles. The van der Waals surface area contributed by atoms with Gasteiger partial charge in [-0.05, 0) is 43.2 Å². The molecule has 0 aromatic heterocycles. The van der Waals surface area contributed by atoms with E-state index < -0.39 is 5.97 Å². The van der Waals surface area contributed by atoms with Crippen molar-refractivity contribution in [2.45, 2.75) is 13.8 Å². The van der Waals surface area contributed by atoms with Gasteiger partial charge in [0.15, 0.2) is 0 Å². The summed E-state index contributed by atoms with van der Waals surface area (Å²) in [4.78, 5) is 11.5. The monoisotopic (exact) mass is 284 g/mol. The molecule has 0 radical (unpaired) electrons. The summed E-state index contributed by atoms with van der Waals surface area (Å²) >= 11 is 0. The maximum Gasteiger partial charge on any atom is 0.336 e. The summed E-state index contributed by atoms with van der Waals surface area (Å²) in [6, 6.07) is 9.54. The third kappa shape index (κ3) is 3.23. The van der Waals surface area contributed by atoms with Crippen molar-refractivity contribution in [3.8, 4) is 11.5 Å². The molecule has 108 valence electrons. The fourth-order valence-corrected chi connectivity index (χ4v) is 2.18. The van der Waals surface area contributed by atoms with E-state index in [1.54, 1.807) is 6.07 Å². The predicted octanol–water partition coefficient (Wildman–Crippen LogP) is 3.34. The lowest BCUT2D eigenvalue weighted by Gasteiger charge is -2.09. The number of aryl methyl sites for hydroxylation is 2. The van der Waals surface area contributed by atoms with Gasteiger partial charge in [-0.2, -0.15) is 0 Å². The van der Waals surface area contributed by atoms with Crippen LogP contribution in [0.25, 0.3) is 11.6 Å². The highest BCUT2D eigenvalue weighted by Crippen LogP contribution is 2.28. The van der Waals surface area contributed by atoms with E-state index in [-0.39, 0.29) is 17.1 Å². The number of phenolic OH excluding ortho intramolecular Hbond substituents is 2. The van der Waals surface area contributed by atoms with Gasteiger partial charge in [-0.1, -0.05) is 23.8 Å². The van der Waals surface area contributed by atoms with Gasteiger partial charge in [0.2, 0.25) is 0 Å². The Kier molecular flexibility index (Phi) is 3.98. The van der Waals surface area contributed by atoms with Gasteiger partial charge in [-0.3, -0.25) is 0 Å². The topological polar surface area (TPSA) is 77.8 Å². The number of aliphatic carboxylic acids is 1. The smallest absolute Gasteiger partial charge is 0.336 e. The Morgan fingerprint density at radius 1 is 1.05 bits per heavy atom. The third-order valence-electron chi connectivity index (χ3n) is 3.22. The molecule has 0 fully saturated rings. The summed E-state index contributed by atoms with van der Waals surface area (Å²) in [6.07, 6.45) is 1.40. The first-order chi connectivity index (χ1) is 9.88. The summed E-state index contributed by atoms with van der Waals surface area (Å²) in [5.74, 6) is -1.32. The molecule has 0 atom stereocenters. The van der Waals surface area contributed by atoms with Crippen molar-refractivity contribution in [2.75, 3.05) is 0 Å². The predicted molar refractivity (Wildman–Crippen MR) is 81.2 cm³/mol. The third-order valence-corrected chi connectivity index (χ3v) is 3.22. The molecule has 21 heavy (non-hydrogen) atoms. The molecular formula is C17H16O4. The van der Waals surface area contributed by atoms with Gasteiger partial charge in [0.1, 0.15) is 11.5 Å². The largest absolute Gasteiger partial charge is 0.508 e. The van der Waals surface area contributed by atoms with Gasteiger partial charge in [-0.15, -0.1) is 0 Å². The van der Waals surface area contributed by atoms with Gasteiger partial charge in [0.25, 0.3) is 0 Å². The molecule has 0 amide bonds. The van der Waals surface area contributed by atoms with Gasteiger partial charge in [0.05, 0.1) is 5.57 Å². The van der Waals surface area contributed by atoms with Crippen LogP contribution in [-0.2, 0) is 4.79 Å². The van der Waals surface area contributed by atoms with Crippen molar-refractivity contribution in [1.82, 2.24) is 0 Å². The van der Waals surface area contributed by atoms with Gasteiger partial charge < -0.3 is 15.3 Å². The number of phenols is 2.